The van der Waals surface area contributed by atoms with Gasteiger partial charge in [-0.05, 0) is 19.1 Å². The van der Waals surface area contributed by atoms with Crippen molar-refractivity contribution in [2.24, 2.45) is 7.05 Å². The number of nitrogens with one attached hydrogen (secondary N) is 1. The van der Waals surface area contributed by atoms with Crippen molar-refractivity contribution < 1.29 is 4.79 Å². The zero-order valence-corrected chi connectivity index (χ0v) is 12.4. The molecule has 7 heteroatoms. The van der Waals surface area contributed by atoms with E-state index in [1.54, 1.807) is 24.5 Å². The van der Waals surface area contributed by atoms with E-state index in [4.69, 9.17) is 0 Å². The van der Waals surface area contributed by atoms with Crippen molar-refractivity contribution in [3.63, 3.8) is 0 Å². The van der Waals surface area contributed by atoms with E-state index in [2.05, 4.69) is 20.3 Å². The third-order valence-corrected chi connectivity index (χ3v) is 4.03. The normalized spacial score (nSPS) is 10.6. The number of anilines is 1. The fourth-order valence-corrected chi connectivity index (χ4v) is 2.91. The van der Waals surface area contributed by atoms with Crippen LogP contribution in [0, 0.1) is 6.92 Å². The van der Waals surface area contributed by atoms with Crippen molar-refractivity contribution in [2.45, 2.75) is 6.92 Å². The van der Waals surface area contributed by atoms with Gasteiger partial charge in [-0.2, -0.15) is 0 Å². The SMILES string of the molecule is Cc1nc(NC(=O)c2cccnc2)sc1-c1nccn1C. The first-order chi connectivity index (χ1) is 10.1. The van der Waals surface area contributed by atoms with Gasteiger partial charge in [0.25, 0.3) is 5.91 Å². The van der Waals surface area contributed by atoms with Gasteiger partial charge in [0.15, 0.2) is 11.0 Å². The van der Waals surface area contributed by atoms with Crippen LogP contribution >= 0.6 is 11.3 Å². The fraction of sp³-hybridized carbons (Fsp3) is 0.143. The third kappa shape index (κ3) is 2.68. The van der Waals surface area contributed by atoms with Gasteiger partial charge in [0.2, 0.25) is 0 Å². The summed E-state index contributed by atoms with van der Waals surface area (Å²) in [5.74, 6) is 0.620. The van der Waals surface area contributed by atoms with Crippen LogP contribution in [0.25, 0.3) is 10.7 Å². The molecule has 0 bridgehead atoms. The molecule has 0 saturated heterocycles. The van der Waals surface area contributed by atoms with Gasteiger partial charge in [0.05, 0.1) is 16.1 Å². The van der Waals surface area contributed by atoms with Crippen LogP contribution in [0.3, 0.4) is 0 Å². The highest BCUT2D eigenvalue weighted by atomic mass is 32.1. The van der Waals surface area contributed by atoms with E-state index in [0.717, 1.165) is 16.4 Å². The van der Waals surface area contributed by atoms with Crippen LogP contribution < -0.4 is 5.32 Å². The molecule has 106 valence electrons. The second kappa shape index (κ2) is 5.45. The Morgan fingerprint density at radius 1 is 1.38 bits per heavy atom. The molecular weight excluding hydrogens is 286 g/mol. The number of aryl methyl sites for hydroxylation is 2. The largest absolute Gasteiger partial charge is 0.333 e. The maximum Gasteiger partial charge on any atom is 0.259 e. The van der Waals surface area contributed by atoms with Gasteiger partial charge in [-0.15, -0.1) is 0 Å². The lowest BCUT2D eigenvalue weighted by Crippen LogP contribution is -2.11. The molecule has 0 aliphatic carbocycles. The maximum absolute atomic E-state index is 12.1. The Kier molecular flexibility index (Phi) is 3.49. The number of carbonyl (C=O) groups excluding carboxylic acids is 1. The zero-order valence-electron chi connectivity index (χ0n) is 11.6. The third-order valence-electron chi connectivity index (χ3n) is 2.97. The molecule has 3 heterocycles. The molecule has 0 aromatic carbocycles. The smallest absolute Gasteiger partial charge is 0.259 e. The summed E-state index contributed by atoms with van der Waals surface area (Å²) in [6.45, 7) is 1.90. The van der Waals surface area contributed by atoms with Crippen LogP contribution in [-0.2, 0) is 7.05 Å². The second-order valence-corrected chi connectivity index (χ2v) is 5.49. The summed E-state index contributed by atoms with van der Waals surface area (Å²) in [5.41, 5.74) is 1.35. The van der Waals surface area contributed by atoms with Gasteiger partial charge in [-0.1, -0.05) is 11.3 Å². The lowest BCUT2D eigenvalue weighted by atomic mass is 10.3. The predicted molar refractivity (Wildman–Crippen MR) is 81.2 cm³/mol. The number of hydrogen-bond acceptors (Lipinski definition) is 5. The van der Waals surface area contributed by atoms with Gasteiger partial charge in [0.1, 0.15) is 0 Å². The number of nitrogens with zero attached hydrogens (tertiary/aromatic N) is 4. The first-order valence-corrected chi connectivity index (χ1v) is 7.13. The number of hydrogen-bond donors (Lipinski definition) is 1. The lowest BCUT2D eigenvalue weighted by molar-refractivity contribution is 0.102. The van der Waals surface area contributed by atoms with Crippen molar-refractivity contribution in [1.29, 1.82) is 0 Å². The first-order valence-electron chi connectivity index (χ1n) is 6.31. The minimum Gasteiger partial charge on any atom is -0.333 e. The van der Waals surface area contributed by atoms with E-state index in [9.17, 15) is 4.79 Å². The Labute approximate surface area is 125 Å². The molecule has 0 fully saturated rings. The van der Waals surface area contributed by atoms with E-state index in [1.165, 1.54) is 17.5 Å². The Morgan fingerprint density at radius 2 is 2.24 bits per heavy atom. The summed E-state index contributed by atoms with van der Waals surface area (Å²) in [4.78, 5) is 25.7. The standard InChI is InChI=1S/C14H13N5OS/c1-9-11(12-16-6-7-19(12)2)21-14(17-9)18-13(20)10-4-3-5-15-8-10/h3-8H,1-2H3,(H,17,18,20). The zero-order chi connectivity index (χ0) is 14.8. The van der Waals surface area contributed by atoms with Gasteiger partial charge in [-0.25, -0.2) is 9.97 Å². The van der Waals surface area contributed by atoms with Crippen molar-refractivity contribution in [3.8, 4) is 10.7 Å². The van der Waals surface area contributed by atoms with E-state index in [1.807, 2.05) is 24.7 Å². The molecule has 0 unspecified atom stereocenters. The highest BCUT2D eigenvalue weighted by molar-refractivity contribution is 7.19. The molecule has 0 atom stereocenters. The van der Waals surface area contributed by atoms with Crippen molar-refractivity contribution in [1.82, 2.24) is 19.5 Å². The first kappa shape index (κ1) is 13.4. The number of aromatic nitrogens is 4. The Bertz CT molecular complexity index is 778. The summed E-state index contributed by atoms with van der Waals surface area (Å²) in [6.07, 6.45) is 6.77. The van der Waals surface area contributed by atoms with Crippen molar-refractivity contribution in [2.75, 3.05) is 5.32 Å². The summed E-state index contributed by atoms with van der Waals surface area (Å²) in [7, 11) is 1.93. The average molecular weight is 299 g/mol. The monoisotopic (exact) mass is 299 g/mol. The Hall–Kier alpha value is -2.54. The number of rotatable bonds is 3. The molecular formula is C14H13N5OS. The molecule has 0 saturated carbocycles. The number of amides is 1. The molecule has 1 amide bonds. The number of imidazole rings is 1. The maximum atomic E-state index is 12.1. The average Bonchev–Trinajstić information content (AvgIpc) is 3.05. The number of carbonyl (C=O) groups is 1. The van der Waals surface area contributed by atoms with Gasteiger partial charge >= 0.3 is 0 Å². The molecule has 21 heavy (non-hydrogen) atoms. The topological polar surface area (TPSA) is 72.7 Å². The van der Waals surface area contributed by atoms with Crippen LogP contribution in [0.15, 0.2) is 36.9 Å². The van der Waals surface area contributed by atoms with Crippen LogP contribution in [0.2, 0.25) is 0 Å². The molecule has 3 rings (SSSR count). The summed E-state index contributed by atoms with van der Waals surface area (Å²) in [6, 6.07) is 3.43. The molecule has 0 spiro atoms. The van der Waals surface area contributed by atoms with E-state index < -0.39 is 0 Å². The summed E-state index contributed by atoms with van der Waals surface area (Å²) < 4.78 is 1.92. The number of pyridine rings is 1. The Balaban J connectivity index is 1.85. The predicted octanol–water partition coefficient (Wildman–Crippen LogP) is 2.50. The second-order valence-electron chi connectivity index (χ2n) is 4.49. The van der Waals surface area contributed by atoms with Crippen LogP contribution in [0.5, 0.6) is 0 Å². The molecule has 0 aliphatic heterocycles. The van der Waals surface area contributed by atoms with E-state index >= 15 is 0 Å². The van der Waals surface area contributed by atoms with Crippen LogP contribution in [0.1, 0.15) is 16.1 Å². The summed E-state index contributed by atoms with van der Waals surface area (Å²) >= 11 is 1.41. The van der Waals surface area contributed by atoms with Gasteiger partial charge < -0.3 is 4.57 Å². The minimum absolute atomic E-state index is 0.219. The van der Waals surface area contributed by atoms with Crippen molar-refractivity contribution >= 4 is 22.4 Å². The van der Waals surface area contributed by atoms with E-state index in [0.29, 0.717) is 10.7 Å². The number of thiazole rings is 1. The van der Waals surface area contributed by atoms with Gasteiger partial charge in [0, 0.05) is 31.8 Å². The quantitative estimate of drug-likeness (QED) is 0.806. The van der Waals surface area contributed by atoms with Crippen molar-refractivity contribution in [3.05, 3.63) is 48.2 Å². The summed E-state index contributed by atoms with van der Waals surface area (Å²) in [5, 5.41) is 3.35. The molecule has 0 aliphatic rings. The van der Waals surface area contributed by atoms with E-state index in [-0.39, 0.29) is 5.91 Å². The van der Waals surface area contributed by atoms with Crippen LogP contribution in [-0.4, -0.2) is 25.4 Å². The lowest BCUT2D eigenvalue weighted by Gasteiger charge is -2.00. The highest BCUT2D eigenvalue weighted by Crippen LogP contribution is 2.31. The molecule has 0 radical (unpaired) electrons. The Morgan fingerprint density at radius 3 is 2.90 bits per heavy atom. The molecule has 3 aromatic rings. The highest BCUT2D eigenvalue weighted by Gasteiger charge is 2.15. The van der Waals surface area contributed by atoms with Gasteiger partial charge in [-0.3, -0.25) is 15.1 Å². The van der Waals surface area contributed by atoms with Crippen LogP contribution in [0.4, 0.5) is 5.13 Å². The fourth-order valence-electron chi connectivity index (χ4n) is 1.91. The minimum atomic E-state index is -0.219. The molecule has 6 nitrogen and oxygen atoms in total. The molecule has 1 N–H and O–H groups in total. The molecule has 3 aromatic heterocycles.